The van der Waals surface area contributed by atoms with E-state index in [9.17, 15) is 0 Å². The first kappa shape index (κ1) is 12.6. The monoisotopic (exact) mass is 246 g/mol. The molecule has 0 unspecified atom stereocenters. The number of rotatable bonds is 4. The van der Waals surface area contributed by atoms with E-state index in [1.165, 1.54) is 6.33 Å². The number of ether oxygens (including phenoxy) is 1. The van der Waals surface area contributed by atoms with E-state index in [1.807, 2.05) is 20.9 Å². The van der Waals surface area contributed by atoms with E-state index in [1.54, 1.807) is 4.68 Å². The molecule has 0 amide bonds. The van der Waals surface area contributed by atoms with Crippen LogP contribution in [0.3, 0.4) is 0 Å². The van der Waals surface area contributed by atoms with Gasteiger partial charge in [-0.25, -0.2) is 4.98 Å². The van der Waals surface area contributed by atoms with Crippen LogP contribution in [0.2, 0.25) is 0 Å². The highest BCUT2D eigenvalue weighted by molar-refractivity contribution is 5.43. The zero-order valence-corrected chi connectivity index (χ0v) is 11.0. The summed E-state index contributed by atoms with van der Waals surface area (Å²) < 4.78 is 7.54. The molecular formula is C13H18N4O. The largest absolute Gasteiger partial charge is 0.485 e. The third kappa shape index (κ3) is 2.51. The molecule has 0 atom stereocenters. The van der Waals surface area contributed by atoms with Crippen LogP contribution in [0.1, 0.15) is 22.5 Å². The average molecular weight is 246 g/mol. The summed E-state index contributed by atoms with van der Waals surface area (Å²) in [6, 6.07) is 4.11. The van der Waals surface area contributed by atoms with Crippen molar-refractivity contribution in [1.29, 1.82) is 0 Å². The lowest BCUT2D eigenvalue weighted by molar-refractivity contribution is 0.286. The second-order valence-electron chi connectivity index (χ2n) is 4.35. The molecule has 0 spiro atoms. The summed E-state index contributed by atoms with van der Waals surface area (Å²) in [5.74, 6) is 1.70. The Morgan fingerprint density at radius 3 is 2.44 bits per heavy atom. The van der Waals surface area contributed by atoms with Crippen LogP contribution >= 0.6 is 0 Å². The lowest BCUT2D eigenvalue weighted by Gasteiger charge is -2.13. The lowest BCUT2D eigenvalue weighted by atomic mass is 10.1. The quantitative estimate of drug-likeness (QED) is 0.887. The first-order chi connectivity index (χ1) is 8.61. The van der Waals surface area contributed by atoms with Crippen molar-refractivity contribution in [3.63, 3.8) is 0 Å². The van der Waals surface area contributed by atoms with Crippen molar-refractivity contribution in [2.45, 2.75) is 27.0 Å². The summed E-state index contributed by atoms with van der Waals surface area (Å²) >= 11 is 0. The van der Waals surface area contributed by atoms with Crippen molar-refractivity contribution in [3.8, 4) is 5.75 Å². The molecule has 0 saturated carbocycles. The van der Waals surface area contributed by atoms with Crippen LogP contribution in [-0.4, -0.2) is 14.8 Å². The Bertz CT molecular complexity index is 525. The van der Waals surface area contributed by atoms with E-state index in [0.29, 0.717) is 13.2 Å². The van der Waals surface area contributed by atoms with Crippen LogP contribution in [-0.2, 0) is 20.2 Å². The van der Waals surface area contributed by atoms with Crippen molar-refractivity contribution in [3.05, 3.63) is 41.0 Å². The summed E-state index contributed by atoms with van der Waals surface area (Å²) in [5, 5.41) is 4.01. The Morgan fingerprint density at radius 1 is 1.28 bits per heavy atom. The smallest absolute Gasteiger partial charge is 0.164 e. The molecule has 0 bridgehead atoms. The molecule has 2 rings (SSSR count). The highest BCUT2D eigenvalue weighted by Crippen LogP contribution is 2.25. The van der Waals surface area contributed by atoms with E-state index < -0.39 is 0 Å². The van der Waals surface area contributed by atoms with Gasteiger partial charge in [0, 0.05) is 13.6 Å². The molecule has 0 aliphatic heterocycles. The maximum Gasteiger partial charge on any atom is 0.164 e. The highest BCUT2D eigenvalue weighted by Gasteiger charge is 2.08. The molecule has 5 nitrogen and oxygen atoms in total. The van der Waals surface area contributed by atoms with Gasteiger partial charge in [-0.3, -0.25) is 4.68 Å². The van der Waals surface area contributed by atoms with Crippen LogP contribution in [0.25, 0.3) is 0 Å². The van der Waals surface area contributed by atoms with E-state index in [4.69, 9.17) is 10.5 Å². The molecule has 1 aromatic carbocycles. The van der Waals surface area contributed by atoms with Gasteiger partial charge in [-0.05, 0) is 30.5 Å². The molecule has 2 aromatic rings. The fraction of sp³-hybridized carbons (Fsp3) is 0.385. The minimum atomic E-state index is 0.417. The number of benzene rings is 1. The molecule has 0 aliphatic rings. The molecule has 0 saturated heterocycles. The Labute approximate surface area is 107 Å². The number of hydrogen-bond acceptors (Lipinski definition) is 4. The molecule has 0 aliphatic carbocycles. The number of hydrogen-bond donors (Lipinski definition) is 1. The zero-order valence-electron chi connectivity index (χ0n) is 11.0. The number of nitrogens with zero attached hydrogens (tertiary/aromatic N) is 3. The van der Waals surface area contributed by atoms with E-state index >= 15 is 0 Å². The van der Waals surface area contributed by atoms with Crippen LogP contribution in [0.5, 0.6) is 5.75 Å². The van der Waals surface area contributed by atoms with E-state index in [2.05, 4.69) is 22.2 Å². The van der Waals surface area contributed by atoms with Crippen LogP contribution in [0, 0.1) is 13.8 Å². The van der Waals surface area contributed by atoms with E-state index in [0.717, 1.165) is 28.3 Å². The van der Waals surface area contributed by atoms with Crippen LogP contribution < -0.4 is 10.5 Å². The summed E-state index contributed by atoms with van der Waals surface area (Å²) in [4.78, 5) is 4.13. The predicted octanol–water partition coefficient (Wildman–Crippen LogP) is 1.47. The van der Waals surface area contributed by atoms with Gasteiger partial charge in [0.1, 0.15) is 18.7 Å². The van der Waals surface area contributed by atoms with Crippen molar-refractivity contribution in [2.24, 2.45) is 12.8 Å². The zero-order chi connectivity index (χ0) is 13.1. The minimum absolute atomic E-state index is 0.417. The van der Waals surface area contributed by atoms with Gasteiger partial charge in [0.05, 0.1) is 0 Å². The summed E-state index contributed by atoms with van der Waals surface area (Å²) in [6.07, 6.45) is 1.52. The first-order valence-electron chi connectivity index (χ1n) is 5.87. The maximum atomic E-state index is 5.83. The lowest BCUT2D eigenvalue weighted by Crippen LogP contribution is -2.06. The molecule has 0 radical (unpaired) electrons. The fourth-order valence-corrected chi connectivity index (χ4v) is 1.97. The predicted molar refractivity (Wildman–Crippen MR) is 69.1 cm³/mol. The fourth-order valence-electron chi connectivity index (χ4n) is 1.97. The summed E-state index contributed by atoms with van der Waals surface area (Å²) in [7, 11) is 1.85. The number of aryl methyl sites for hydroxylation is 3. The third-order valence-electron chi connectivity index (χ3n) is 2.91. The SMILES string of the molecule is Cc1cc(CN)cc(C)c1OCc1ncnn1C. The molecule has 5 heteroatoms. The van der Waals surface area contributed by atoms with Gasteiger partial charge < -0.3 is 10.5 Å². The van der Waals surface area contributed by atoms with Gasteiger partial charge in [0.25, 0.3) is 0 Å². The van der Waals surface area contributed by atoms with Crippen molar-refractivity contribution >= 4 is 0 Å². The van der Waals surface area contributed by atoms with Crippen LogP contribution in [0.15, 0.2) is 18.5 Å². The first-order valence-corrected chi connectivity index (χ1v) is 5.87. The van der Waals surface area contributed by atoms with Gasteiger partial charge in [-0.2, -0.15) is 5.10 Å². The number of nitrogens with two attached hydrogens (primary N) is 1. The van der Waals surface area contributed by atoms with Crippen molar-refractivity contribution in [1.82, 2.24) is 14.8 Å². The van der Waals surface area contributed by atoms with Crippen molar-refractivity contribution < 1.29 is 4.74 Å². The molecular weight excluding hydrogens is 228 g/mol. The molecule has 1 heterocycles. The molecule has 2 N–H and O–H groups in total. The van der Waals surface area contributed by atoms with Gasteiger partial charge in [0.2, 0.25) is 0 Å². The minimum Gasteiger partial charge on any atom is -0.485 e. The topological polar surface area (TPSA) is 66.0 Å². The van der Waals surface area contributed by atoms with Crippen LogP contribution in [0.4, 0.5) is 0 Å². The Balaban J connectivity index is 2.17. The normalized spacial score (nSPS) is 10.7. The van der Waals surface area contributed by atoms with Crippen molar-refractivity contribution in [2.75, 3.05) is 0 Å². The Morgan fingerprint density at radius 2 is 1.94 bits per heavy atom. The van der Waals surface area contributed by atoms with Gasteiger partial charge in [-0.15, -0.1) is 0 Å². The van der Waals surface area contributed by atoms with Gasteiger partial charge in [0.15, 0.2) is 5.82 Å². The van der Waals surface area contributed by atoms with Gasteiger partial charge in [-0.1, -0.05) is 12.1 Å². The molecule has 0 fully saturated rings. The average Bonchev–Trinajstić information content (AvgIpc) is 2.73. The van der Waals surface area contributed by atoms with Gasteiger partial charge >= 0.3 is 0 Å². The molecule has 96 valence electrons. The molecule has 1 aromatic heterocycles. The standard InChI is InChI=1S/C13H18N4O/c1-9-4-11(6-14)5-10(2)13(9)18-7-12-15-8-16-17(12)3/h4-5,8H,6-7,14H2,1-3H3. The second-order valence-corrected chi connectivity index (χ2v) is 4.35. The Kier molecular flexibility index (Phi) is 3.62. The Hall–Kier alpha value is -1.88. The second kappa shape index (κ2) is 5.18. The summed E-state index contributed by atoms with van der Waals surface area (Å²) in [6.45, 7) is 5.02. The number of aromatic nitrogens is 3. The molecule has 18 heavy (non-hydrogen) atoms. The van der Waals surface area contributed by atoms with E-state index in [-0.39, 0.29) is 0 Å². The highest BCUT2D eigenvalue weighted by atomic mass is 16.5. The maximum absolute atomic E-state index is 5.83. The third-order valence-corrected chi connectivity index (χ3v) is 2.91. The summed E-state index contributed by atoms with van der Waals surface area (Å²) in [5.41, 5.74) is 8.96.